The van der Waals surface area contributed by atoms with E-state index in [0.29, 0.717) is 25.4 Å². The second-order valence-corrected chi connectivity index (χ2v) is 8.82. The van der Waals surface area contributed by atoms with Gasteiger partial charge in [-0.1, -0.05) is 73.2 Å². The molecule has 0 saturated carbocycles. The summed E-state index contributed by atoms with van der Waals surface area (Å²) in [5.74, 6) is -0.541. The molecule has 0 radical (unpaired) electrons. The lowest BCUT2D eigenvalue weighted by Gasteiger charge is -2.23. The van der Waals surface area contributed by atoms with Crippen molar-refractivity contribution in [3.05, 3.63) is 101 Å². The van der Waals surface area contributed by atoms with Gasteiger partial charge in [-0.2, -0.15) is 0 Å². The van der Waals surface area contributed by atoms with E-state index >= 15 is 0 Å². The van der Waals surface area contributed by atoms with Crippen LogP contribution in [0.1, 0.15) is 41.7 Å². The first-order chi connectivity index (χ1) is 17.4. The van der Waals surface area contributed by atoms with Gasteiger partial charge in [0.15, 0.2) is 12.7 Å². The summed E-state index contributed by atoms with van der Waals surface area (Å²) in [5, 5.41) is 9.28. The highest BCUT2D eigenvalue weighted by molar-refractivity contribution is 5.77. The molecule has 1 amide bonds. The largest absolute Gasteiger partial charge is 0.484 e. The van der Waals surface area contributed by atoms with Gasteiger partial charge in [0.25, 0.3) is 5.91 Å². The maximum absolute atomic E-state index is 13.2. The van der Waals surface area contributed by atoms with Gasteiger partial charge in [-0.05, 0) is 54.7 Å². The van der Waals surface area contributed by atoms with Crippen molar-refractivity contribution >= 4 is 11.9 Å². The van der Waals surface area contributed by atoms with Crippen molar-refractivity contribution in [2.24, 2.45) is 0 Å². The molecule has 0 heterocycles. The van der Waals surface area contributed by atoms with Gasteiger partial charge in [-0.25, -0.2) is 4.79 Å². The average molecular weight is 490 g/mol. The summed E-state index contributed by atoms with van der Waals surface area (Å²) in [4.78, 5) is 26.3. The third kappa shape index (κ3) is 8.24. The third-order valence-electron chi connectivity index (χ3n) is 6.00. The van der Waals surface area contributed by atoms with Crippen LogP contribution in [0.15, 0.2) is 72.8 Å². The molecule has 0 aliphatic rings. The topological polar surface area (TPSA) is 76.1 Å². The molecule has 0 spiro atoms. The number of amides is 1. The molecule has 0 aliphatic carbocycles. The second-order valence-electron chi connectivity index (χ2n) is 8.82. The van der Waals surface area contributed by atoms with Crippen LogP contribution in [0.3, 0.4) is 0 Å². The van der Waals surface area contributed by atoms with E-state index in [1.807, 2.05) is 31.2 Å². The molecule has 0 fully saturated rings. The molecule has 6 nitrogen and oxygen atoms in total. The number of ether oxygens (including phenoxy) is 2. The van der Waals surface area contributed by atoms with E-state index in [9.17, 15) is 14.7 Å². The van der Waals surface area contributed by atoms with Gasteiger partial charge in [0.2, 0.25) is 0 Å². The lowest BCUT2D eigenvalue weighted by atomic mass is 10.1. The number of carbonyl (C=O) groups is 2. The van der Waals surface area contributed by atoms with Crippen LogP contribution < -0.4 is 4.74 Å². The molecule has 3 rings (SSSR count). The Hall–Kier alpha value is -3.64. The molecule has 1 N–H and O–H groups in total. The van der Waals surface area contributed by atoms with E-state index in [2.05, 4.69) is 31.2 Å². The summed E-state index contributed by atoms with van der Waals surface area (Å²) in [6.07, 6.45) is 0.357. The highest BCUT2D eigenvalue weighted by atomic mass is 16.5. The number of hydrogen-bond acceptors (Lipinski definition) is 4. The van der Waals surface area contributed by atoms with Crippen LogP contribution in [0, 0.1) is 6.92 Å². The molecule has 6 heteroatoms. The van der Waals surface area contributed by atoms with E-state index in [-0.39, 0.29) is 18.9 Å². The van der Waals surface area contributed by atoms with Crippen LogP contribution in [-0.4, -0.2) is 41.2 Å². The molecule has 0 saturated heterocycles. The molecule has 0 unspecified atom stereocenters. The zero-order valence-electron chi connectivity index (χ0n) is 21.3. The molecule has 0 aliphatic heterocycles. The number of benzene rings is 3. The normalized spacial score (nSPS) is 11.6. The fraction of sp³-hybridized carbons (Fsp3) is 0.333. The Labute approximate surface area is 213 Å². The minimum atomic E-state index is -0.985. The molecule has 36 heavy (non-hydrogen) atoms. The number of aryl methyl sites for hydroxylation is 2. The monoisotopic (exact) mass is 489 g/mol. The summed E-state index contributed by atoms with van der Waals surface area (Å²) in [6.45, 7) is 7.16. The highest BCUT2D eigenvalue weighted by Gasteiger charge is 2.18. The van der Waals surface area contributed by atoms with Crippen molar-refractivity contribution in [2.45, 2.75) is 52.8 Å². The second kappa shape index (κ2) is 13.4. The number of rotatable bonds is 13. The fourth-order valence-electron chi connectivity index (χ4n) is 3.84. The number of carbonyl (C=O) groups excluding carboxylic acids is 1. The molecule has 190 valence electrons. The fourth-order valence-corrected chi connectivity index (χ4v) is 3.84. The van der Waals surface area contributed by atoms with Gasteiger partial charge in [0.05, 0.1) is 0 Å². The van der Waals surface area contributed by atoms with E-state index in [0.717, 1.165) is 23.1 Å². The van der Waals surface area contributed by atoms with Crippen molar-refractivity contribution < 1.29 is 24.2 Å². The molecule has 3 aromatic rings. The molecular weight excluding hydrogens is 454 g/mol. The first kappa shape index (κ1) is 27.0. The number of carboxylic acids is 1. The van der Waals surface area contributed by atoms with Crippen LogP contribution in [0.2, 0.25) is 0 Å². The van der Waals surface area contributed by atoms with Crippen molar-refractivity contribution in [3.8, 4) is 5.75 Å². The molecule has 0 aromatic heterocycles. The first-order valence-corrected chi connectivity index (χ1v) is 12.3. The molecule has 3 aromatic carbocycles. The predicted molar refractivity (Wildman–Crippen MR) is 140 cm³/mol. The third-order valence-corrected chi connectivity index (χ3v) is 6.00. The van der Waals surface area contributed by atoms with Crippen LogP contribution in [0.4, 0.5) is 0 Å². The summed E-state index contributed by atoms with van der Waals surface area (Å²) in [6, 6.07) is 23.6. The van der Waals surface area contributed by atoms with Crippen LogP contribution >= 0.6 is 0 Å². The van der Waals surface area contributed by atoms with E-state index in [4.69, 9.17) is 9.47 Å². The molecule has 1 atom stereocenters. The zero-order valence-corrected chi connectivity index (χ0v) is 21.3. The Bertz CT molecular complexity index is 1110. The van der Waals surface area contributed by atoms with Gasteiger partial charge in [0, 0.05) is 26.1 Å². The number of nitrogens with zero attached hydrogens (tertiary/aromatic N) is 1. The van der Waals surface area contributed by atoms with Crippen molar-refractivity contribution in [1.82, 2.24) is 4.90 Å². The maximum atomic E-state index is 13.2. The Morgan fingerprint density at radius 1 is 0.806 bits per heavy atom. The minimum Gasteiger partial charge on any atom is -0.484 e. The minimum absolute atomic E-state index is 0.0883. The first-order valence-electron chi connectivity index (χ1n) is 12.3. The smallest absolute Gasteiger partial charge is 0.333 e. The maximum Gasteiger partial charge on any atom is 0.333 e. The van der Waals surface area contributed by atoms with Gasteiger partial charge in [0.1, 0.15) is 5.75 Å². The van der Waals surface area contributed by atoms with Crippen LogP contribution in [-0.2, 0) is 40.3 Å². The summed E-state index contributed by atoms with van der Waals surface area (Å²) in [7, 11) is 0. The van der Waals surface area contributed by atoms with E-state index < -0.39 is 12.1 Å². The van der Waals surface area contributed by atoms with Crippen LogP contribution in [0.25, 0.3) is 0 Å². The summed E-state index contributed by atoms with van der Waals surface area (Å²) < 4.78 is 11.1. The Balaban J connectivity index is 1.65. The number of carboxylic acid groups (broad SMARTS) is 1. The van der Waals surface area contributed by atoms with Crippen LogP contribution in [0.5, 0.6) is 5.75 Å². The number of hydrogen-bond donors (Lipinski definition) is 1. The highest BCUT2D eigenvalue weighted by Crippen LogP contribution is 2.17. The van der Waals surface area contributed by atoms with Gasteiger partial charge in [-0.15, -0.1) is 0 Å². The van der Waals surface area contributed by atoms with E-state index in [1.165, 1.54) is 11.1 Å². The standard InChI is InChI=1S/C30H35NO5/c1-4-23-10-12-26(13-11-23)20-31(19-25-8-6-22(3)7-9-25)29(32)21-36-27-16-14-24(15-17-27)18-28(30(33)34)35-5-2/h6-17,28H,4-5,18-21H2,1-3H3,(H,33,34)/t28-/m0/s1. The lowest BCUT2D eigenvalue weighted by molar-refractivity contribution is -0.150. The lowest BCUT2D eigenvalue weighted by Crippen LogP contribution is -2.34. The van der Waals surface area contributed by atoms with Crippen molar-refractivity contribution in [2.75, 3.05) is 13.2 Å². The van der Waals surface area contributed by atoms with Crippen molar-refractivity contribution in [3.63, 3.8) is 0 Å². The summed E-state index contributed by atoms with van der Waals surface area (Å²) in [5.41, 5.74) is 5.39. The van der Waals surface area contributed by atoms with Crippen molar-refractivity contribution in [1.29, 1.82) is 0 Å². The molecular formula is C30H35NO5. The number of aliphatic carboxylic acids is 1. The quantitative estimate of drug-likeness (QED) is 0.357. The molecule has 0 bridgehead atoms. The zero-order chi connectivity index (χ0) is 25.9. The average Bonchev–Trinajstić information content (AvgIpc) is 2.89. The van der Waals surface area contributed by atoms with Gasteiger partial charge >= 0.3 is 5.97 Å². The van der Waals surface area contributed by atoms with Gasteiger partial charge in [-0.3, -0.25) is 4.79 Å². The predicted octanol–water partition coefficient (Wildman–Crippen LogP) is 5.20. The van der Waals surface area contributed by atoms with E-state index in [1.54, 1.807) is 36.1 Å². The SMILES string of the molecule is CCO[C@@H](Cc1ccc(OCC(=O)N(Cc2ccc(C)cc2)Cc2ccc(CC)cc2)cc1)C(=O)O. The Morgan fingerprint density at radius 2 is 1.33 bits per heavy atom. The Morgan fingerprint density at radius 3 is 1.86 bits per heavy atom. The Kier molecular flexibility index (Phi) is 10.1. The summed E-state index contributed by atoms with van der Waals surface area (Å²) >= 11 is 0. The van der Waals surface area contributed by atoms with Gasteiger partial charge < -0.3 is 19.5 Å².